The van der Waals surface area contributed by atoms with Crippen LogP contribution < -0.4 is 14.8 Å². The number of ether oxygens (including phenoxy) is 2. The smallest absolute Gasteiger partial charge is 0.416 e. The van der Waals surface area contributed by atoms with Crippen LogP contribution in [0.4, 0.5) is 13.2 Å². The summed E-state index contributed by atoms with van der Waals surface area (Å²) < 4.78 is 48.4. The van der Waals surface area contributed by atoms with Gasteiger partial charge in [0.15, 0.2) is 11.5 Å². The fourth-order valence-corrected chi connectivity index (χ4v) is 2.30. The van der Waals surface area contributed by atoms with Gasteiger partial charge in [0.2, 0.25) is 12.7 Å². The standard InChI is InChI=1S/C20H14F3NO3/c21-20(22,23)16-5-1-3-14(11-16)4-2-10-24-19(25)9-7-15-6-8-17-18(12-15)27-13-26-17/h1,3,5-9,11-12H,10,13H2,(H,24,25)/b9-7+. The lowest BCUT2D eigenvalue weighted by molar-refractivity contribution is -0.137. The molecule has 0 spiro atoms. The number of rotatable bonds is 3. The molecule has 0 fully saturated rings. The van der Waals surface area contributed by atoms with Crippen molar-refractivity contribution in [2.75, 3.05) is 13.3 Å². The van der Waals surface area contributed by atoms with Gasteiger partial charge in [-0.05, 0) is 42.0 Å². The van der Waals surface area contributed by atoms with Crippen molar-refractivity contribution in [1.29, 1.82) is 0 Å². The largest absolute Gasteiger partial charge is 0.454 e. The second-order valence-corrected chi connectivity index (χ2v) is 5.54. The zero-order valence-electron chi connectivity index (χ0n) is 14.0. The van der Waals surface area contributed by atoms with E-state index in [1.807, 2.05) is 0 Å². The van der Waals surface area contributed by atoms with E-state index in [0.717, 1.165) is 17.7 Å². The van der Waals surface area contributed by atoms with Gasteiger partial charge in [-0.2, -0.15) is 13.2 Å². The molecular weight excluding hydrogens is 359 g/mol. The lowest BCUT2D eigenvalue weighted by Gasteiger charge is -2.05. The van der Waals surface area contributed by atoms with Gasteiger partial charge in [-0.1, -0.05) is 24.0 Å². The molecule has 1 aliphatic rings. The van der Waals surface area contributed by atoms with Crippen LogP contribution in [0.5, 0.6) is 11.5 Å². The van der Waals surface area contributed by atoms with Gasteiger partial charge in [0.05, 0.1) is 12.1 Å². The molecule has 1 aliphatic heterocycles. The Morgan fingerprint density at radius 2 is 1.96 bits per heavy atom. The number of benzene rings is 2. The molecule has 2 aromatic carbocycles. The molecule has 0 saturated carbocycles. The van der Waals surface area contributed by atoms with E-state index in [4.69, 9.17) is 9.47 Å². The van der Waals surface area contributed by atoms with Crippen LogP contribution in [-0.4, -0.2) is 19.2 Å². The van der Waals surface area contributed by atoms with Crippen molar-refractivity contribution in [3.63, 3.8) is 0 Å². The maximum atomic E-state index is 12.6. The molecule has 0 saturated heterocycles. The first-order valence-corrected chi connectivity index (χ1v) is 7.93. The summed E-state index contributed by atoms with van der Waals surface area (Å²) in [6.07, 6.45) is -1.47. The fourth-order valence-electron chi connectivity index (χ4n) is 2.30. The Kier molecular flexibility index (Phi) is 5.36. The molecule has 0 atom stereocenters. The number of fused-ring (bicyclic) bond motifs is 1. The number of hydrogen-bond acceptors (Lipinski definition) is 3. The third kappa shape index (κ3) is 5.05. The van der Waals surface area contributed by atoms with Crippen LogP contribution in [0.15, 0.2) is 48.5 Å². The number of alkyl halides is 3. The second kappa shape index (κ2) is 7.87. The van der Waals surface area contributed by atoms with E-state index in [9.17, 15) is 18.0 Å². The van der Waals surface area contributed by atoms with E-state index < -0.39 is 11.7 Å². The van der Waals surface area contributed by atoms with Gasteiger partial charge in [-0.25, -0.2) is 0 Å². The summed E-state index contributed by atoms with van der Waals surface area (Å²) in [6.45, 7) is 0.189. The van der Waals surface area contributed by atoms with Crippen molar-refractivity contribution in [3.05, 3.63) is 65.2 Å². The molecule has 4 nitrogen and oxygen atoms in total. The molecule has 1 N–H and O–H groups in total. The van der Waals surface area contributed by atoms with Gasteiger partial charge in [-0.3, -0.25) is 4.79 Å². The third-order valence-corrected chi connectivity index (χ3v) is 3.60. The van der Waals surface area contributed by atoms with Gasteiger partial charge in [0.25, 0.3) is 0 Å². The summed E-state index contributed by atoms with van der Waals surface area (Å²) in [4.78, 5) is 11.8. The minimum atomic E-state index is -4.41. The molecular formula is C20H14F3NO3. The van der Waals surface area contributed by atoms with Crippen LogP contribution in [0.2, 0.25) is 0 Å². The third-order valence-electron chi connectivity index (χ3n) is 3.60. The van der Waals surface area contributed by atoms with Crippen LogP contribution in [0, 0.1) is 11.8 Å². The van der Waals surface area contributed by atoms with Gasteiger partial charge in [-0.15, -0.1) is 0 Å². The van der Waals surface area contributed by atoms with E-state index in [2.05, 4.69) is 17.2 Å². The van der Waals surface area contributed by atoms with Crippen LogP contribution in [0.3, 0.4) is 0 Å². The first-order chi connectivity index (χ1) is 12.9. The lowest BCUT2D eigenvalue weighted by atomic mass is 10.1. The molecule has 1 amide bonds. The topological polar surface area (TPSA) is 47.6 Å². The summed E-state index contributed by atoms with van der Waals surface area (Å²) in [7, 11) is 0. The van der Waals surface area contributed by atoms with E-state index in [-0.39, 0.29) is 24.8 Å². The van der Waals surface area contributed by atoms with E-state index in [1.54, 1.807) is 24.3 Å². The number of nitrogens with one attached hydrogen (secondary N) is 1. The molecule has 0 unspecified atom stereocenters. The summed E-state index contributed by atoms with van der Waals surface area (Å²) in [5.41, 5.74) is 0.240. The highest BCUT2D eigenvalue weighted by Crippen LogP contribution is 2.32. The average molecular weight is 373 g/mol. The maximum Gasteiger partial charge on any atom is 0.416 e. The molecule has 0 bridgehead atoms. The molecule has 0 aliphatic carbocycles. The average Bonchev–Trinajstić information content (AvgIpc) is 3.11. The summed E-state index contributed by atoms with van der Waals surface area (Å²) in [5.74, 6) is 6.12. The van der Waals surface area contributed by atoms with Gasteiger partial charge >= 0.3 is 6.18 Å². The predicted octanol–water partition coefficient (Wildman–Crippen LogP) is 3.62. The highest BCUT2D eigenvalue weighted by Gasteiger charge is 2.30. The minimum Gasteiger partial charge on any atom is -0.454 e. The Hall–Kier alpha value is -3.40. The maximum absolute atomic E-state index is 12.6. The van der Waals surface area contributed by atoms with Crippen LogP contribution >= 0.6 is 0 Å². The Labute approximate surface area is 153 Å². The second-order valence-electron chi connectivity index (χ2n) is 5.54. The van der Waals surface area contributed by atoms with E-state index >= 15 is 0 Å². The first kappa shape index (κ1) is 18.4. The Bertz CT molecular complexity index is 939. The number of carbonyl (C=O) groups excluding carboxylic acids is 1. The zero-order chi connectivity index (χ0) is 19.3. The number of amides is 1. The highest BCUT2D eigenvalue weighted by molar-refractivity contribution is 5.91. The van der Waals surface area contributed by atoms with Crippen LogP contribution in [0.1, 0.15) is 16.7 Å². The van der Waals surface area contributed by atoms with Gasteiger partial charge < -0.3 is 14.8 Å². The molecule has 7 heteroatoms. The quantitative estimate of drug-likeness (QED) is 0.661. The monoisotopic (exact) mass is 373 g/mol. The van der Waals surface area contributed by atoms with Crippen LogP contribution in [-0.2, 0) is 11.0 Å². The molecule has 138 valence electrons. The van der Waals surface area contributed by atoms with Crippen molar-refractivity contribution in [2.45, 2.75) is 6.18 Å². The van der Waals surface area contributed by atoms with Gasteiger partial charge in [0.1, 0.15) is 0 Å². The minimum absolute atomic E-state index is 0.0144. The van der Waals surface area contributed by atoms with E-state index in [1.165, 1.54) is 18.2 Å². The Morgan fingerprint density at radius 3 is 2.78 bits per heavy atom. The number of hydrogen-bond donors (Lipinski definition) is 1. The molecule has 27 heavy (non-hydrogen) atoms. The van der Waals surface area contributed by atoms with Crippen molar-refractivity contribution >= 4 is 12.0 Å². The summed E-state index contributed by atoms with van der Waals surface area (Å²) in [5, 5.41) is 2.54. The first-order valence-electron chi connectivity index (χ1n) is 7.93. The Balaban J connectivity index is 1.52. The van der Waals surface area contributed by atoms with Crippen molar-refractivity contribution < 1.29 is 27.4 Å². The Morgan fingerprint density at radius 1 is 1.15 bits per heavy atom. The molecule has 0 aromatic heterocycles. The van der Waals surface area contributed by atoms with E-state index in [0.29, 0.717) is 11.5 Å². The number of carbonyl (C=O) groups is 1. The van der Waals surface area contributed by atoms with Crippen LogP contribution in [0.25, 0.3) is 6.08 Å². The molecule has 1 heterocycles. The highest BCUT2D eigenvalue weighted by atomic mass is 19.4. The summed E-state index contributed by atoms with van der Waals surface area (Å²) in [6, 6.07) is 10.00. The van der Waals surface area contributed by atoms with Crippen molar-refractivity contribution in [1.82, 2.24) is 5.32 Å². The lowest BCUT2D eigenvalue weighted by Crippen LogP contribution is -2.20. The fraction of sp³-hybridized carbons (Fsp3) is 0.150. The predicted molar refractivity (Wildman–Crippen MR) is 92.9 cm³/mol. The SMILES string of the molecule is O=C(/C=C/c1ccc2c(c1)OCO2)NCC#Cc1cccc(C(F)(F)F)c1. The van der Waals surface area contributed by atoms with Crippen molar-refractivity contribution in [2.24, 2.45) is 0 Å². The summed E-state index contributed by atoms with van der Waals surface area (Å²) >= 11 is 0. The number of halogens is 3. The molecule has 2 aromatic rings. The van der Waals surface area contributed by atoms with Gasteiger partial charge in [0, 0.05) is 11.6 Å². The normalized spacial score (nSPS) is 12.6. The van der Waals surface area contributed by atoms with Crippen molar-refractivity contribution in [3.8, 4) is 23.3 Å². The molecule has 0 radical (unpaired) electrons. The zero-order valence-corrected chi connectivity index (χ0v) is 14.0. The molecule has 3 rings (SSSR count).